The fourth-order valence-corrected chi connectivity index (χ4v) is 3.39. The first-order valence-corrected chi connectivity index (χ1v) is 7.44. The average molecular weight is 289 g/mol. The van der Waals surface area contributed by atoms with Crippen LogP contribution in [0.1, 0.15) is 12.5 Å². The Hall–Kier alpha value is -2.68. The van der Waals surface area contributed by atoms with Gasteiger partial charge in [0.2, 0.25) is 5.43 Å². The third kappa shape index (κ3) is 1.69. The SMILES string of the molecule is C[C@H]1Cc2ccccc2N1c1c(-c2ccccc2)c(=O)c1=O. The lowest BCUT2D eigenvalue weighted by Gasteiger charge is -2.28. The summed E-state index contributed by atoms with van der Waals surface area (Å²) in [5.41, 5.74) is 3.43. The molecule has 1 atom stereocenters. The molecule has 3 nitrogen and oxygen atoms in total. The topological polar surface area (TPSA) is 37.4 Å². The molecule has 0 bridgehead atoms. The van der Waals surface area contributed by atoms with Gasteiger partial charge in [0.1, 0.15) is 5.69 Å². The van der Waals surface area contributed by atoms with Gasteiger partial charge >= 0.3 is 0 Å². The van der Waals surface area contributed by atoms with E-state index < -0.39 is 0 Å². The molecule has 0 N–H and O–H groups in total. The van der Waals surface area contributed by atoms with Crippen LogP contribution in [0.15, 0.2) is 64.2 Å². The first-order valence-electron chi connectivity index (χ1n) is 7.44. The summed E-state index contributed by atoms with van der Waals surface area (Å²) in [6.45, 7) is 2.09. The van der Waals surface area contributed by atoms with Crippen molar-refractivity contribution in [2.45, 2.75) is 19.4 Å². The Morgan fingerprint density at radius 3 is 2.36 bits per heavy atom. The lowest BCUT2D eigenvalue weighted by Crippen LogP contribution is -2.42. The van der Waals surface area contributed by atoms with Crippen molar-refractivity contribution in [3.8, 4) is 11.1 Å². The summed E-state index contributed by atoms with van der Waals surface area (Å²) < 4.78 is 0. The second-order valence-electron chi connectivity index (χ2n) is 5.80. The first kappa shape index (κ1) is 13.0. The molecule has 0 fully saturated rings. The van der Waals surface area contributed by atoms with Crippen molar-refractivity contribution in [2.75, 3.05) is 4.90 Å². The van der Waals surface area contributed by atoms with Gasteiger partial charge in [-0.2, -0.15) is 0 Å². The molecule has 22 heavy (non-hydrogen) atoms. The van der Waals surface area contributed by atoms with Crippen LogP contribution in [0.25, 0.3) is 11.1 Å². The monoisotopic (exact) mass is 289 g/mol. The standard InChI is InChI=1S/C19H15NO2/c1-12-11-14-9-5-6-10-15(14)20(12)17-16(18(21)19(17)22)13-7-3-2-4-8-13/h2-10,12H,11H2,1H3/t12-/m0/s1. The normalized spacial score (nSPS) is 17.0. The molecule has 0 aliphatic carbocycles. The molecule has 0 unspecified atom stereocenters. The second-order valence-corrected chi connectivity index (χ2v) is 5.80. The molecule has 3 aromatic carbocycles. The fourth-order valence-electron chi connectivity index (χ4n) is 3.39. The van der Waals surface area contributed by atoms with Crippen molar-refractivity contribution in [3.63, 3.8) is 0 Å². The quantitative estimate of drug-likeness (QED) is 0.681. The zero-order chi connectivity index (χ0) is 15.3. The summed E-state index contributed by atoms with van der Waals surface area (Å²) in [5, 5.41) is 0. The molecule has 3 aromatic rings. The van der Waals surface area contributed by atoms with Crippen LogP contribution >= 0.6 is 0 Å². The van der Waals surface area contributed by atoms with Crippen molar-refractivity contribution in [1.82, 2.24) is 0 Å². The maximum atomic E-state index is 12.2. The van der Waals surface area contributed by atoms with E-state index in [0.29, 0.717) is 11.3 Å². The Morgan fingerprint density at radius 2 is 1.59 bits per heavy atom. The van der Waals surface area contributed by atoms with Gasteiger partial charge < -0.3 is 4.90 Å². The predicted octanol–water partition coefficient (Wildman–Crippen LogP) is 3.03. The van der Waals surface area contributed by atoms with Crippen LogP contribution in [-0.2, 0) is 6.42 Å². The van der Waals surface area contributed by atoms with E-state index in [-0.39, 0.29) is 16.9 Å². The minimum atomic E-state index is -0.377. The summed E-state index contributed by atoms with van der Waals surface area (Å²) in [7, 11) is 0. The summed E-state index contributed by atoms with van der Waals surface area (Å²) in [5.74, 6) is 0. The van der Waals surface area contributed by atoms with Crippen LogP contribution < -0.4 is 15.8 Å². The zero-order valence-corrected chi connectivity index (χ0v) is 12.2. The highest BCUT2D eigenvalue weighted by Gasteiger charge is 2.34. The summed E-state index contributed by atoms with van der Waals surface area (Å²) in [6, 6.07) is 17.7. The summed E-state index contributed by atoms with van der Waals surface area (Å²) in [6.07, 6.45) is 0.892. The molecule has 0 amide bonds. The molecule has 1 aliphatic heterocycles. The van der Waals surface area contributed by atoms with Crippen molar-refractivity contribution in [1.29, 1.82) is 0 Å². The molecule has 0 saturated heterocycles. The van der Waals surface area contributed by atoms with Crippen LogP contribution in [0.5, 0.6) is 0 Å². The highest BCUT2D eigenvalue weighted by atomic mass is 16.2. The van der Waals surface area contributed by atoms with E-state index in [1.165, 1.54) is 5.56 Å². The van der Waals surface area contributed by atoms with E-state index in [1.54, 1.807) is 0 Å². The van der Waals surface area contributed by atoms with Gasteiger partial charge in [0.15, 0.2) is 0 Å². The summed E-state index contributed by atoms with van der Waals surface area (Å²) in [4.78, 5) is 26.4. The average Bonchev–Trinajstić information content (AvgIpc) is 2.88. The van der Waals surface area contributed by atoms with Gasteiger partial charge in [0, 0.05) is 11.7 Å². The van der Waals surface area contributed by atoms with Crippen LogP contribution in [0.4, 0.5) is 11.4 Å². The van der Waals surface area contributed by atoms with E-state index in [2.05, 4.69) is 13.0 Å². The molecule has 1 heterocycles. The first-order chi connectivity index (χ1) is 10.7. The number of benzene rings is 2. The molecule has 3 heteroatoms. The van der Waals surface area contributed by atoms with Gasteiger partial charge in [-0.1, -0.05) is 48.5 Å². The number of hydrogen-bond acceptors (Lipinski definition) is 3. The third-order valence-electron chi connectivity index (χ3n) is 4.40. The van der Waals surface area contributed by atoms with Gasteiger partial charge in [0.25, 0.3) is 5.43 Å². The van der Waals surface area contributed by atoms with E-state index >= 15 is 0 Å². The molecule has 4 rings (SSSR count). The van der Waals surface area contributed by atoms with Crippen molar-refractivity contribution >= 4 is 11.4 Å². The highest BCUT2D eigenvalue weighted by molar-refractivity contribution is 5.87. The van der Waals surface area contributed by atoms with Gasteiger partial charge in [0.05, 0.1) is 5.56 Å². The van der Waals surface area contributed by atoms with E-state index in [4.69, 9.17) is 0 Å². The number of hydrogen-bond donors (Lipinski definition) is 0. The number of nitrogens with zero attached hydrogens (tertiary/aromatic N) is 1. The van der Waals surface area contributed by atoms with Crippen LogP contribution in [-0.4, -0.2) is 6.04 Å². The molecular formula is C19H15NO2. The number of anilines is 2. The Bertz CT molecular complexity index is 920. The van der Waals surface area contributed by atoms with Gasteiger partial charge in [-0.25, -0.2) is 0 Å². The Kier molecular flexibility index (Phi) is 2.76. The maximum absolute atomic E-state index is 12.2. The Balaban J connectivity index is 1.91. The Labute approximate surface area is 128 Å². The number of rotatable bonds is 2. The van der Waals surface area contributed by atoms with Crippen molar-refractivity contribution in [3.05, 3.63) is 80.6 Å². The largest absolute Gasteiger partial charge is 0.334 e. The molecule has 108 valence electrons. The lowest BCUT2D eigenvalue weighted by molar-refractivity contribution is 0.755. The number of para-hydroxylation sites is 1. The van der Waals surface area contributed by atoms with Crippen molar-refractivity contribution < 1.29 is 0 Å². The second kappa shape index (κ2) is 4.67. The van der Waals surface area contributed by atoms with Gasteiger partial charge in [-0.05, 0) is 30.5 Å². The molecule has 0 saturated carbocycles. The minimum absolute atomic E-state index is 0.183. The molecule has 0 radical (unpaired) electrons. The van der Waals surface area contributed by atoms with E-state index in [1.807, 2.05) is 53.4 Å². The smallest absolute Gasteiger partial charge is 0.250 e. The van der Waals surface area contributed by atoms with Crippen LogP contribution in [0, 0.1) is 0 Å². The van der Waals surface area contributed by atoms with Gasteiger partial charge in [-0.3, -0.25) is 9.59 Å². The van der Waals surface area contributed by atoms with E-state index in [9.17, 15) is 9.59 Å². The lowest BCUT2D eigenvalue weighted by atomic mass is 9.97. The van der Waals surface area contributed by atoms with E-state index in [0.717, 1.165) is 17.7 Å². The van der Waals surface area contributed by atoms with Crippen LogP contribution in [0.2, 0.25) is 0 Å². The van der Waals surface area contributed by atoms with Gasteiger partial charge in [-0.15, -0.1) is 0 Å². The maximum Gasteiger partial charge on any atom is 0.250 e. The number of fused-ring (bicyclic) bond motifs is 1. The third-order valence-corrected chi connectivity index (χ3v) is 4.40. The van der Waals surface area contributed by atoms with Crippen molar-refractivity contribution in [2.24, 2.45) is 0 Å². The summed E-state index contributed by atoms with van der Waals surface area (Å²) >= 11 is 0. The Morgan fingerprint density at radius 1 is 0.909 bits per heavy atom. The molecule has 0 aromatic heterocycles. The predicted molar refractivity (Wildman–Crippen MR) is 88.5 cm³/mol. The molecule has 0 spiro atoms. The minimum Gasteiger partial charge on any atom is -0.334 e. The molecule has 1 aliphatic rings. The van der Waals surface area contributed by atoms with Crippen LogP contribution in [0.3, 0.4) is 0 Å². The molecular weight excluding hydrogens is 274 g/mol. The fraction of sp³-hybridized carbons (Fsp3) is 0.158. The zero-order valence-electron chi connectivity index (χ0n) is 12.2. The highest BCUT2D eigenvalue weighted by Crippen LogP contribution is 2.40.